The fraction of sp³-hybridized carbons (Fsp3) is 0.455. The maximum Gasteiger partial charge on any atom is 0.244 e. The molecular weight excluding hydrogens is 262 g/mol. The molecular formula is C11H16F2N2O2S. The van der Waals surface area contributed by atoms with E-state index >= 15 is 0 Å². The summed E-state index contributed by atoms with van der Waals surface area (Å²) in [5.41, 5.74) is 4.65. The number of hydrogen-bond donors (Lipinski definition) is 2. The Balaban J connectivity index is 3.19. The lowest BCUT2D eigenvalue weighted by Crippen LogP contribution is -2.54. The highest BCUT2D eigenvalue weighted by atomic mass is 32.2. The molecule has 3 N–H and O–H groups in total. The lowest BCUT2D eigenvalue weighted by molar-refractivity contribution is 0.386. The highest BCUT2D eigenvalue weighted by Gasteiger charge is 2.31. The zero-order valence-electron chi connectivity index (χ0n) is 10.4. The van der Waals surface area contributed by atoms with Crippen LogP contribution in [0, 0.1) is 11.6 Å². The Morgan fingerprint density at radius 1 is 1.33 bits per heavy atom. The van der Waals surface area contributed by atoms with E-state index < -0.39 is 38.1 Å². The van der Waals surface area contributed by atoms with Crippen LogP contribution in [0.15, 0.2) is 23.1 Å². The standard InChI is InChI=1S/C11H16F2N2O2S/c1-7(14)11(2,3)15-18(16,17)10-6-8(12)4-5-9(10)13/h4-7,15H,14H2,1-3H3. The van der Waals surface area contributed by atoms with Crippen LogP contribution in [0.5, 0.6) is 0 Å². The van der Waals surface area contributed by atoms with E-state index in [0.29, 0.717) is 6.07 Å². The summed E-state index contributed by atoms with van der Waals surface area (Å²) in [6, 6.07) is 1.76. The van der Waals surface area contributed by atoms with Crippen LogP contribution in [0.25, 0.3) is 0 Å². The molecule has 0 radical (unpaired) electrons. The highest BCUT2D eigenvalue weighted by molar-refractivity contribution is 7.89. The van der Waals surface area contributed by atoms with Gasteiger partial charge in [-0.3, -0.25) is 0 Å². The molecule has 102 valence electrons. The summed E-state index contributed by atoms with van der Waals surface area (Å²) in [7, 11) is -4.16. The fourth-order valence-corrected chi connectivity index (χ4v) is 2.76. The smallest absolute Gasteiger partial charge is 0.244 e. The summed E-state index contributed by atoms with van der Waals surface area (Å²) >= 11 is 0. The molecule has 0 fully saturated rings. The quantitative estimate of drug-likeness (QED) is 0.873. The van der Waals surface area contributed by atoms with Gasteiger partial charge < -0.3 is 5.73 Å². The molecule has 18 heavy (non-hydrogen) atoms. The first-order valence-corrected chi connectivity index (χ1v) is 6.79. The van der Waals surface area contributed by atoms with Gasteiger partial charge in [-0.1, -0.05) is 0 Å². The van der Waals surface area contributed by atoms with Crippen molar-refractivity contribution in [3.05, 3.63) is 29.8 Å². The molecule has 0 spiro atoms. The van der Waals surface area contributed by atoms with Crippen molar-refractivity contribution >= 4 is 10.0 Å². The molecule has 1 unspecified atom stereocenters. The van der Waals surface area contributed by atoms with Crippen LogP contribution in [-0.4, -0.2) is 20.0 Å². The van der Waals surface area contributed by atoms with Gasteiger partial charge in [-0.2, -0.15) is 0 Å². The highest BCUT2D eigenvalue weighted by Crippen LogP contribution is 2.19. The first-order valence-electron chi connectivity index (χ1n) is 5.31. The maximum absolute atomic E-state index is 13.4. The minimum atomic E-state index is -4.16. The van der Waals surface area contributed by atoms with Gasteiger partial charge in [0.2, 0.25) is 10.0 Å². The van der Waals surface area contributed by atoms with Crippen molar-refractivity contribution in [1.82, 2.24) is 4.72 Å². The van der Waals surface area contributed by atoms with Gasteiger partial charge in [-0.25, -0.2) is 21.9 Å². The molecule has 1 aromatic rings. The van der Waals surface area contributed by atoms with Crippen LogP contribution in [0.3, 0.4) is 0 Å². The Labute approximate surface area is 105 Å². The van der Waals surface area contributed by atoms with Crippen molar-refractivity contribution in [2.24, 2.45) is 5.73 Å². The lowest BCUT2D eigenvalue weighted by atomic mass is 9.99. The Bertz CT molecular complexity index is 542. The van der Waals surface area contributed by atoms with Crippen molar-refractivity contribution in [1.29, 1.82) is 0 Å². The van der Waals surface area contributed by atoms with Crippen molar-refractivity contribution in [2.45, 2.75) is 37.2 Å². The van der Waals surface area contributed by atoms with E-state index in [4.69, 9.17) is 5.73 Å². The van der Waals surface area contributed by atoms with Crippen LogP contribution in [-0.2, 0) is 10.0 Å². The third-order valence-corrected chi connectivity index (χ3v) is 4.41. The second-order valence-electron chi connectivity index (χ2n) is 4.69. The third kappa shape index (κ3) is 3.24. The van der Waals surface area contributed by atoms with Gasteiger partial charge >= 0.3 is 0 Å². The van der Waals surface area contributed by atoms with Crippen LogP contribution < -0.4 is 10.5 Å². The molecule has 1 atom stereocenters. The molecule has 0 bridgehead atoms. The number of halogens is 2. The van der Waals surface area contributed by atoms with E-state index in [0.717, 1.165) is 12.1 Å². The summed E-state index contributed by atoms with van der Waals surface area (Å²) in [6.45, 7) is 4.74. The summed E-state index contributed by atoms with van der Waals surface area (Å²) in [5.74, 6) is -1.83. The number of hydrogen-bond acceptors (Lipinski definition) is 3. The number of sulfonamides is 1. The van der Waals surface area contributed by atoms with Gasteiger partial charge in [-0.05, 0) is 39.0 Å². The zero-order chi connectivity index (χ0) is 14.1. The topological polar surface area (TPSA) is 72.2 Å². The molecule has 0 heterocycles. The Hall–Kier alpha value is -1.05. The van der Waals surface area contributed by atoms with E-state index in [1.807, 2.05) is 0 Å². The molecule has 4 nitrogen and oxygen atoms in total. The molecule has 0 saturated carbocycles. The SMILES string of the molecule is CC(N)C(C)(C)NS(=O)(=O)c1cc(F)ccc1F. The molecule has 0 aliphatic rings. The van der Waals surface area contributed by atoms with Crippen molar-refractivity contribution in [2.75, 3.05) is 0 Å². The predicted octanol–water partition coefficient (Wildman–Crippen LogP) is 1.37. The normalized spacial score (nSPS) is 14.6. The zero-order valence-corrected chi connectivity index (χ0v) is 11.2. The van der Waals surface area contributed by atoms with Gasteiger partial charge in [0.05, 0.1) is 0 Å². The Morgan fingerprint density at radius 2 is 1.89 bits per heavy atom. The Morgan fingerprint density at radius 3 is 2.39 bits per heavy atom. The van der Waals surface area contributed by atoms with Gasteiger partial charge in [-0.15, -0.1) is 0 Å². The minimum absolute atomic E-state index is 0.496. The molecule has 1 aromatic carbocycles. The Kier molecular flexibility index (Phi) is 4.09. The first kappa shape index (κ1) is 15.0. The largest absolute Gasteiger partial charge is 0.326 e. The average Bonchev–Trinajstić information content (AvgIpc) is 2.19. The van der Waals surface area contributed by atoms with Crippen molar-refractivity contribution < 1.29 is 17.2 Å². The van der Waals surface area contributed by atoms with Gasteiger partial charge in [0.15, 0.2) is 0 Å². The number of benzene rings is 1. The van der Waals surface area contributed by atoms with Crippen LogP contribution in [0.1, 0.15) is 20.8 Å². The van der Waals surface area contributed by atoms with Crippen LogP contribution in [0.2, 0.25) is 0 Å². The van der Waals surface area contributed by atoms with E-state index in [1.54, 1.807) is 20.8 Å². The maximum atomic E-state index is 13.4. The summed E-state index contributed by atoms with van der Waals surface area (Å²) in [6.07, 6.45) is 0. The number of nitrogens with one attached hydrogen (secondary N) is 1. The third-order valence-electron chi connectivity index (χ3n) is 2.72. The second-order valence-corrected chi connectivity index (χ2v) is 6.34. The van der Waals surface area contributed by atoms with Gasteiger partial charge in [0, 0.05) is 11.6 Å². The first-order chi connectivity index (χ1) is 8.06. The molecule has 0 amide bonds. The average molecular weight is 278 g/mol. The monoisotopic (exact) mass is 278 g/mol. The van der Waals surface area contributed by atoms with Crippen LogP contribution >= 0.6 is 0 Å². The summed E-state index contributed by atoms with van der Waals surface area (Å²) in [4.78, 5) is -0.726. The fourth-order valence-electron chi connectivity index (χ4n) is 1.18. The lowest BCUT2D eigenvalue weighted by Gasteiger charge is -2.29. The minimum Gasteiger partial charge on any atom is -0.326 e. The predicted molar refractivity (Wildman–Crippen MR) is 64.4 cm³/mol. The van der Waals surface area contributed by atoms with Crippen LogP contribution in [0.4, 0.5) is 8.78 Å². The number of nitrogens with two attached hydrogens (primary N) is 1. The summed E-state index contributed by atoms with van der Waals surface area (Å²) < 4.78 is 52.6. The molecule has 0 saturated heterocycles. The second kappa shape index (κ2) is 4.91. The van der Waals surface area contributed by atoms with Crippen molar-refractivity contribution in [3.63, 3.8) is 0 Å². The molecule has 0 aromatic heterocycles. The number of rotatable bonds is 4. The van der Waals surface area contributed by atoms with Crippen molar-refractivity contribution in [3.8, 4) is 0 Å². The van der Waals surface area contributed by atoms with E-state index in [9.17, 15) is 17.2 Å². The molecule has 0 aliphatic heterocycles. The van der Waals surface area contributed by atoms with Gasteiger partial charge in [0.1, 0.15) is 16.5 Å². The van der Waals surface area contributed by atoms with Gasteiger partial charge in [0.25, 0.3) is 0 Å². The summed E-state index contributed by atoms with van der Waals surface area (Å²) in [5, 5.41) is 0. The molecule has 1 rings (SSSR count). The van der Waals surface area contributed by atoms with E-state index in [-0.39, 0.29) is 0 Å². The van der Waals surface area contributed by atoms with E-state index in [2.05, 4.69) is 4.72 Å². The van der Waals surface area contributed by atoms with E-state index in [1.165, 1.54) is 0 Å². The molecule has 7 heteroatoms. The molecule has 0 aliphatic carbocycles.